The molecule has 86 valence electrons. The van der Waals surface area contributed by atoms with Gasteiger partial charge in [-0.1, -0.05) is 0 Å². The first-order chi connectivity index (χ1) is 8.16. The van der Waals surface area contributed by atoms with E-state index in [-0.39, 0.29) is 10.8 Å². The summed E-state index contributed by atoms with van der Waals surface area (Å²) >= 11 is 0.996. The Kier molecular flexibility index (Phi) is 3.10. The first kappa shape index (κ1) is 11.2. The average Bonchev–Trinajstić information content (AvgIpc) is 2.79. The van der Waals surface area contributed by atoms with Crippen molar-refractivity contribution in [1.82, 2.24) is 10.2 Å². The predicted octanol–water partition coefficient (Wildman–Crippen LogP) is 1.49. The number of carbonyl (C=O) groups is 2. The molecule has 0 saturated heterocycles. The van der Waals surface area contributed by atoms with Crippen LogP contribution in [0.15, 0.2) is 30.6 Å². The van der Waals surface area contributed by atoms with Gasteiger partial charge >= 0.3 is 5.97 Å². The molecule has 0 aromatic carbocycles. The number of aromatic carboxylic acids is 1. The summed E-state index contributed by atoms with van der Waals surface area (Å²) in [6, 6.07) is 4.50. The van der Waals surface area contributed by atoms with Gasteiger partial charge in [-0.3, -0.25) is 4.79 Å². The number of hydrogen-bond acceptors (Lipinski definition) is 5. The largest absolute Gasteiger partial charge is 0.477 e. The highest BCUT2D eigenvalue weighted by molar-refractivity contribution is 7.18. The molecule has 0 aliphatic heterocycles. The molecule has 7 heteroatoms. The lowest BCUT2D eigenvalue weighted by Gasteiger charge is -2.00. The van der Waals surface area contributed by atoms with Crippen molar-refractivity contribution in [2.75, 3.05) is 5.32 Å². The Bertz CT molecular complexity index is 553. The number of carboxylic acid groups (broad SMARTS) is 1. The highest BCUT2D eigenvalue weighted by Crippen LogP contribution is 2.22. The monoisotopic (exact) mass is 249 g/mol. The van der Waals surface area contributed by atoms with Crippen LogP contribution in [-0.2, 0) is 0 Å². The number of carbonyl (C=O) groups excluding carboxylic acids is 1. The standard InChI is InChI=1S/C10H7N3O3S/c14-9(6-3-4-11-12-5-6)13-8-2-1-7(17-8)10(15)16/h1-5H,(H,13,14)(H,15,16). The Balaban J connectivity index is 2.11. The van der Waals surface area contributed by atoms with E-state index in [2.05, 4.69) is 15.5 Å². The number of rotatable bonds is 3. The van der Waals surface area contributed by atoms with Gasteiger partial charge in [0.2, 0.25) is 0 Å². The van der Waals surface area contributed by atoms with Crippen molar-refractivity contribution in [1.29, 1.82) is 0 Å². The van der Waals surface area contributed by atoms with Crippen LogP contribution in [0.1, 0.15) is 20.0 Å². The minimum Gasteiger partial charge on any atom is -0.477 e. The van der Waals surface area contributed by atoms with E-state index in [1.165, 1.54) is 24.5 Å². The van der Waals surface area contributed by atoms with E-state index in [1.807, 2.05) is 0 Å². The second kappa shape index (κ2) is 4.71. The van der Waals surface area contributed by atoms with E-state index < -0.39 is 5.97 Å². The van der Waals surface area contributed by atoms with Crippen molar-refractivity contribution in [2.24, 2.45) is 0 Å². The van der Waals surface area contributed by atoms with Gasteiger partial charge in [0.25, 0.3) is 5.91 Å². The van der Waals surface area contributed by atoms with Crippen molar-refractivity contribution in [3.8, 4) is 0 Å². The third-order valence-electron chi connectivity index (χ3n) is 1.90. The molecule has 0 atom stereocenters. The Hall–Kier alpha value is -2.28. The lowest BCUT2D eigenvalue weighted by atomic mass is 10.3. The fraction of sp³-hybridized carbons (Fsp3) is 0. The molecule has 0 radical (unpaired) electrons. The van der Waals surface area contributed by atoms with Crippen molar-refractivity contribution >= 4 is 28.2 Å². The number of nitrogens with zero attached hydrogens (tertiary/aromatic N) is 2. The topological polar surface area (TPSA) is 92.2 Å². The average molecular weight is 249 g/mol. The smallest absolute Gasteiger partial charge is 0.345 e. The van der Waals surface area contributed by atoms with Gasteiger partial charge in [-0.2, -0.15) is 10.2 Å². The summed E-state index contributed by atoms with van der Waals surface area (Å²) in [4.78, 5) is 22.5. The molecular weight excluding hydrogens is 242 g/mol. The van der Waals surface area contributed by atoms with E-state index in [0.717, 1.165) is 11.3 Å². The number of nitrogens with one attached hydrogen (secondary N) is 1. The first-order valence-electron chi connectivity index (χ1n) is 4.58. The number of carboxylic acids is 1. The highest BCUT2D eigenvalue weighted by Gasteiger charge is 2.10. The van der Waals surface area contributed by atoms with Crippen LogP contribution in [0, 0.1) is 0 Å². The molecule has 2 rings (SSSR count). The summed E-state index contributed by atoms with van der Waals surface area (Å²) in [5, 5.41) is 18.9. The molecule has 2 N–H and O–H groups in total. The fourth-order valence-electron chi connectivity index (χ4n) is 1.13. The quantitative estimate of drug-likeness (QED) is 0.859. The van der Waals surface area contributed by atoms with Gasteiger partial charge in [-0.15, -0.1) is 11.3 Å². The van der Waals surface area contributed by atoms with Crippen LogP contribution >= 0.6 is 11.3 Å². The Morgan fingerprint density at radius 1 is 1.24 bits per heavy atom. The normalized spacial score (nSPS) is 9.88. The van der Waals surface area contributed by atoms with Crippen molar-refractivity contribution in [3.05, 3.63) is 41.0 Å². The molecule has 0 fully saturated rings. The molecule has 0 aliphatic carbocycles. The Morgan fingerprint density at radius 2 is 2.06 bits per heavy atom. The predicted molar refractivity (Wildman–Crippen MR) is 61.3 cm³/mol. The maximum atomic E-state index is 11.7. The van der Waals surface area contributed by atoms with E-state index in [1.54, 1.807) is 6.07 Å². The lowest BCUT2D eigenvalue weighted by Crippen LogP contribution is -2.11. The third-order valence-corrected chi connectivity index (χ3v) is 2.89. The molecule has 6 nitrogen and oxygen atoms in total. The minimum absolute atomic E-state index is 0.174. The third kappa shape index (κ3) is 2.64. The van der Waals surface area contributed by atoms with Crippen LogP contribution in [0.3, 0.4) is 0 Å². The zero-order valence-corrected chi connectivity index (χ0v) is 9.27. The summed E-state index contributed by atoms with van der Waals surface area (Å²) in [6.45, 7) is 0. The number of hydrogen-bond donors (Lipinski definition) is 2. The molecule has 0 saturated carbocycles. The number of aromatic nitrogens is 2. The van der Waals surface area contributed by atoms with Crippen LogP contribution in [-0.4, -0.2) is 27.2 Å². The van der Waals surface area contributed by atoms with E-state index >= 15 is 0 Å². The zero-order valence-electron chi connectivity index (χ0n) is 8.45. The van der Waals surface area contributed by atoms with Gasteiger partial charge in [-0.25, -0.2) is 4.79 Å². The minimum atomic E-state index is -1.01. The molecule has 2 aromatic heterocycles. The van der Waals surface area contributed by atoms with Crippen LogP contribution < -0.4 is 5.32 Å². The van der Waals surface area contributed by atoms with Crippen molar-refractivity contribution in [2.45, 2.75) is 0 Å². The fourth-order valence-corrected chi connectivity index (χ4v) is 1.87. The van der Waals surface area contributed by atoms with Gasteiger partial charge in [0.05, 0.1) is 23.0 Å². The maximum Gasteiger partial charge on any atom is 0.345 e. The van der Waals surface area contributed by atoms with Crippen LogP contribution in [0.25, 0.3) is 0 Å². The molecular formula is C10H7N3O3S. The highest BCUT2D eigenvalue weighted by atomic mass is 32.1. The van der Waals surface area contributed by atoms with E-state index in [0.29, 0.717) is 10.6 Å². The molecule has 0 bridgehead atoms. The summed E-state index contributed by atoms with van der Waals surface area (Å²) in [5.74, 6) is -1.36. The van der Waals surface area contributed by atoms with Gasteiger partial charge in [-0.05, 0) is 18.2 Å². The molecule has 0 aliphatic rings. The summed E-state index contributed by atoms with van der Waals surface area (Å²) in [5.41, 5.74) is 0.366. The van der Waals surface area contributed by atoms with Crippen molar-refractivity contribution < 1.29 is 14.7 Å². The van der Waals surface area contributed by atoms with E-state index in [4.69, 9.17) is 5.11 Å². The van der Waals surface area contributed by atoms with Gasteiger partial charge in [0.15, 0.2) is 0 Å². The summed E-state index contributed by atoms with van der Waals surface area (Å²) < 4.78 is 0. The number of thiophene rings is 1. The maximum absolute atomic E-state index is 11.7. The number of amides is 1. The first-order valence-corrected chi connectivity index (χ1v) is 5.39. The Morgan fingerprint density at radius 3 is 2.65 bits per heavy atom. The molecule has 1 amide bonds. The van der Waals surface area contributed by atoms with Gasteiger partial charge < -0.3 is 10.4 Å². The zero-order chi connectivity index (χ0) is 12.3. The molecule has 2 heterocycles. The summed E-state index contributed by atoms with van der Waals surface area (Å²) in [7, 11) is 0. The Labute approximate surface area is 99.9 Å². The van der Waals surface area contributed by atoms with Gasteiger partial charge in [0.1, 0.15) is 4.88 Å². The number of anilines is 1. The van der Waals surface area contributed by atoms with Gasteiger partial charge in [0, 0.05) is 0 Å². The SMILES string of the molecule is O=C(Nc1ccc(C(=O)O)s1)c1ccnnc1. The lowest BCUT2D eigenvalue weighted by molar-refractivity contribution is 0.0702. The van der Waals surface area contributed by atoms with Crippen LogP contribution in [0.5, 0.6) is 0 Å². The van der Waals surface area contributed by atoms with Crippen molar-refractivity contribution in [3.63, 3.8) is 0 Å². The molecule has 0 unspecified atom stereocenters. The second-order valence-electron chi connectivity index (χ2n) is 3.05. The molecule has 2 aromatic rings. The summed E-state index contributed by atoms with van der Waals surface area (Å²) in [6.07, 6.45) is 2.74. The van der Waals surface area contributed by atoms with Crippen LogP contribution in [0.2, 0.25) is 0 Å². The second-order valence-corrected chi connectivity index (χ2v) is 4.14. The molecule has 0 spiro atoms. The molecule has 17 heavy (non-hydrogen) atoms. The van der Waals surface area contributed by atoms with E-state index in [9.17, 15) is 9.59 Å². The van der Waals surface area contributed by atoms with Crippen LogP contribution in [0.4, 0.5) is 5.00 Å².